The van der Waals surface area contributed by atoms with Crippen molar-refractivity contribution in [3.05, 3.63) is 40.2 Å². The van der Waals surface area contributed by atoms with Gasteiger partial charge in [-0.05, 0) is 0 Å². The number of pyridine rings is 1. The predicted octanol–water partition coefficient (Wildman–Crippen LogP) is 0.00440. The van der Waals surface area contributed by atoms with Gasteiger partial charge in [0.15, 0.2) is 0 Å². The molecule has 1 atom stereocenters. The zero-order valence-corrected chi connectivity index (χ0v) is 13.5. The first kappa shape index (κ1) is 17.4. The first-order chi connectivity index (χ1) is 10.1. The van der Waals surface area contributed by atoms with Crippen LogP contribution in [-0.4, -0.2) is 45.9 Å². The van der Waals surface area contributed by atoms with Crippen molar-refractivity contribution in [3.8, 4) is 0 Å². The van der Waals surface area contributed by atoms with E-state index in [0.717, 1.165) is 31.6 Å². The average molecular weight is 354 g/mol. The van der Waals surface area contributed by atoms with Gasteiger partial charge in [-0.15, -0.1) is 0 Å². The first-order valence-corrected chi connectivity index (χ1v) is 7.66. The van der Waals surface area contributed by atoms with E-state index in [1.54, 1.807) is 6.20 Å². The number of hydrazine groups is 1. The zero-order chi connectivity index (χ0) is 15.5. The Morgan fingerprint density at radius 1 is 1.57 bits per heavy atom. The summed E-state index contributed by atoms with van der Waals surface area (Å²) in [5.41, 5.74) is 8.13. The molecule has 0 spiro atoms. The van der Waals surface area contributed by atoms with Crippen molar-refractivity contribution in [2.45, 2.75) is 24.1 Å². The number of nitrogens with one attached hydrogen (secondary N) is 2. The second-order valence-corrected chi connectivity index (χ2v) is 5.92. The van der Waals surface area contributed by atoms with Gasteiger partial charge in [-0.2, -0.15) is 0 Å². The Balaban J connectivity index is 2.08. The van der Waals surface area contributed by atoms with Crippen LogP contribution in [0.5, 0.6) is 0 Å². The summed E-state index contributed by atoms with van der Waals surface area (Å²) in [7, 11) is 0. The Morgan fingerprint density at radius 3 is 3.05 bits per heavy atom. The SMILES string of the molecule is NC(=NCCC[C@H]([As])CNCc1ccccn1)N[N+](=O)[O-]. The number of hydrogen-bond donors (Lipinski definition) is 3. The summed E-state index contributed by atoms with van der Waals surface area (Å²) in [5.74, 6) is -0.157. The summed E-state index contributed by atoms with van der Waals surface area (Å²) >= 11 is 2.62. The Labute approximate surface area is 132 Å². The summed E-state index contributed by atoms with van der Waals surface area (Å²) in [6.45, 7) is 2.08. The quantitative estimate of drug-likeness (QED) is 0.144. The van der Waals surface area contributed by atoms with Crippen molar-refractivity contribution < 1.29 is 5.03 Å². The number of nitrogens with two attached hydrogens (primary N) is 1. The molecule has 0 saturated carbocycles. The van der Waals surface area contributed by atoms with Crippen LogP contribution < -0.4 is 16.5 Å². The fourth-order valence-corrected chi connectivity index (χ4v) is 2.28. The van der Waals surface area contributed by atoms with Crippen LogP contribution in [0.4, 0.5) is 0 Å². The van der Waals surface area contributed by atoms with Crippen molar-refractivity contribution in [1.82, 2.24) is 15.7 Å². The van der Waals surface area contributed by atoms with Crippen LogP contribution in [0.15, 0.2) is 29.4 Å². The van der Waals surface area contributed by atoms with Gasteiger partial charge in [0.2, 0.25) is 0 Å². The molecule has 0 aliphatic carbocycles. The maximum absolute atomic E-state index is 10.1. The maximum atomic E-state index is 10.1. The van der Waals surface area contributed by atoms with E-state index in [0.29, 0.717) is 11.3 Å². The van der Waals surface area contributed by atoms with Crippen LogP contribution in [0.2, 0.25) is 4.71 Å². The molecule has 1 aromatic heterocycles. The van der Waals surface area contributed by atoms with Crippen LogP contribution in [-0.2, 0) is 6.54 Å². The molecule has 0 bridgehead atoms. The van der Waals surface area contributed by atoms with E-state index in [9.17, 15) is 10.1 Å². The molecule has 0 aliphatic rings. The average Bonchev–Trinajstić information content (AvgIpc) is 2.44. The van der Waals surface area contributed by atoms with Crippen molar-refractivity contribution >= 4 is 22.8 Å². The molecule has 2 radical (unpaired) electrons. The second kappa shape index (κ2) is 10.1. The Morgan fingerprint density at radius 2 is 2.38 bits per heavy atom. The van der Waals surface area contributed by atoms with Gasteiger partial charge in [-0.3, -0.25) is 0 Å². The molecule has 1 rings (SSSR count). The molecule has 4 N–H and O–H groups in total. The Bertz CT molecular complexity index is 456. The van der Waals surface area contributed by atoms with Gasteiger partial charge in [-0.1, -0.05) is 0 Å². The molecule has 0 saturated heterocycles. The van der Waals surface area contributed by atoms with Gasteiger partial charge < -0.3 is 0 Å². The topological polar surface area (TPSA) is 118 Å². The van der Waals surface area contributed by atoms with E-state index >= 15 is 0 Å². The van der Waals surface area contributed by atoms with E-state index in [-0.39, 0.29) is 5.96 Å². The molecule has 0 fully saturated rings. The van der Waals surface area contributed by atoms with Crippen LogP contribution in [0, 0.1) is 10.1 Å². The second-order valence-electron chi connectivity index (χ2n) is 4.38. The molecule has 8 nitrogen and oxygen atoms in total. The van der Waals surface area contributed by atoms with Gasteiger partial charge in [0.05, 0.1) is 0 Å². The number of rotatable bonds is 9. The molecule has 9 heteroatoms. The molecule has 114 valence electrons. The number of hydrogen-bond acceptors (Lipinski definition) is 5. The summed E-state index contributed by atoms with van der Waals surface area (Å²) in [4.78, 5) is 18.2. The molecule has 1 heterocycles. The van der Waals surface area contributed by atoms with Crippen LogP contribution in [0.25, 0.3) is 0 Å². The number of nitrogens with zero attached hydrogens (tertiary/aromatic N) is 3. The molecular formula is C12H19AsN6O2. The molecule has 1 aromatic rings. The van der Waals surface area contributed by atoms with Crippen LogP contribution >= 0.6 is 0 Å². The van der Waals surface area contributed by atoms with E-state index < -0.39 is 5.03 Å². The molecule has 0 unspecified atom stereocenters. The summed E-state index contributed by atoms with van der Waals surface area (Å²) in [5, 5.41) is 12.7. The third-order valence-corrected chi connectivity index (χ3v) is 3.52. The molecule has 0 aliphatic heterocycles. The van der Waals surface area contributed by atoms with Crippen molar-refractivity contribution in [2.24, 2.45) is 10.7 Å². The monoisotopic (exact) mass is 354 g/mol. The third-order valence-electron chi connectivity index (χ3n) is 2.60. The van der Waals surface area contributed by atoms with Gasteiger partial charge >= 0.3 is 132 Å². The number of aliphatic imine (C=N–C) groups is 1. The summed E-state index contributed by atoms with van der Waals surface area (Å²) in [6.07, 6.45) is 3.55. The number of nitro groups is 1. The van der Waals surface area contributed by atoms with Gasteiger partial charge in [0.25, 0.3) is 0 Å². The van der Waals surface area contributed by atoms with E-state index in [4.69, 9.17) is 5.73 Å². The number of aromatic nitrogens is 1. The predicted molar refractivity (Wildman–Crippen MR) is 81.3 cm³/mol. The normalized spacial score (nSPS) is 12.9. The molecule has 0 amide bonds. The summed E-state index contributed by atoms with van der Waals surface area (Å²) < 4.78 is 0.432. The standard InChI is InChI=1S/C12H19AsN6O2/c13-10(4-3-7-17-12(14)18-19(20)21)8-15-9-11-5-1-2-6-16-11/h1-2,5-6,10,15H,3-4,7-9H2,(H3,14,17,18)/t10-/m0/s1. The van der Waals surface area contributed by atoms with Crippen molar-refractivity contribution in [2.75, 3.05) is 13.1 Å². The first-order valence-electron chi connectivity index (χ1n) is 6.57. The van der Waals surface area contributed by atoms with Gasteiger partial charge in [0, 0.05) is 0 Å². The minimum atomic E-state index is -0.722. The fraction of sp³-hybridized carbons (Fsp3) is 0.500. The van der Waals surface area contributed by atoms with Crippen LogP contribution in [0.3, 0.4) is 0 Å². The molecule has 0 aromatic carbocycles. The Kier molecular flexibility index (Phi) is 8.38. The van der Waals surface area contributed by atoms with E-state index in [2.05, 4.69) is 32.1 Å². The zero-order valence-electron chi connectivity index (χ0n) is 11.6. The Hall–Kier alpha value is -1.66. The van der Waals surface area contributed by atoms with E-state index in [1.165, 1.54) is 0 Å². The van der Waals surface area contributed by atoms with Gasteiger partial charge in [-0.25, -0.2) is 0 Å². The van der Waals surface area contributed by atoms with Gasteiger partial charge in [0.1, 0.15) is 0 Å². The van der Waals surface area contributed by atoms with E-state index in [1.807, 2.05) is 23.6 Å². The fourth-order valence-electron chi connectivity index (χ4n) is 1.63. The molecular weight excluding hydrogens is 335 g/mol. The third kappa shape index (κ3) is 8.99. The minimum absolute atomic E-state index is 0.157. The van der Waals surface area contributed by atoms with Crippen molar-refractivity contribution in [1.29, 1.82) is 0 Å². The number of guanidine groups is 1. The molecule has 21 heavy (non-hydrogen) atoms. The van der Waals surface area contributed by atoms with Crippen molar-refractivity contribution in [3.63, 3.8) is 0 Å². The van der Waals surface area contributed by atoms with Crippen LogP contribution in [0.1, 0.15) is 18.5 Å². The summed E-state index contributed by atoms with van der Waals surface area (Å²) in [6, 6.07) is 5.83.